The smallest absolute Gasteiger partial charge is 0.186 e. The molecule has 1 aromatic carbocycles. The SMILES string of the molecule is C=CCO[C@@H]1O[C@@H](C)[C@H](OCc2ccccc2)[C@@H](O)[C@H]1O. The summed E-state index contributed by atoms with van der Waals surface area (Å²) in [6.45, 7) is 5.92. The van der Waals surface area contributed by atoms with Crippen LogP contribution in [0.2, 0.25) is 0 Å². The second-order valence-corrected chi connectivity index (χ2v) is 5.07. The van der Waals surface area contributed by atoms with Gasteiger partial charge < -0.3 is 24.4 Å². The largest absolute Gasteiger partial charge is 0.387 e. The van der Waals surface area contributed by atoms with Gasteiger partial charge in [0.2, 0.25) is 0 Å². The lowest BCUT2D eigenvalue weighted by atomic mass is 9.99. The lowest BCUT2D eigenvalue weighted by Gasteiger charge is -2.41. The van der Waals surface area contributed by atoms with Crippen molar-refractivity contribution in [3.05, 3.63) is 48.6 Å². The van der Waals surface area contributed by atoms with E-state index in [9.17, 15) is 10.2 Å². The lowest BCUT2D eigenvalue weighted by molar-refractivity contribution is -0.298. The summed E-state index contributed by atoms with van der Waals surface area (Å²) in [6, 6.07) is 9.64. The van der Waals surface area contributed by atoms with Gasteiger partial charge in [-0.25, -0.2) is 0 Å². The first kappa shape index (κ1) is 16.1. The molecule has 5 atom stereocenters. The molecule has 0 unspecified atom stereocenters. The quantitative estimate of drug-likeness (QED) is 0.773. The van der Waals surface area contributed by atoms with Crippen molar-refractivity contribution in [1.29, 1.82) is 0 Å². The van der Waals surface area contributed by atoms with Crippen LogP contribution in [-0.2, 0) is 20.8 Å². The fraction of sp³-hybridized carbons (Fsp3) is 0.500. The maximum atomic E-state index is 10.2. The summed E-state index contributed by atoms with van der Waals surface area (Å²) < 4.78 is 16.6. The minimum atomic E-state index is -1.15. The summed E-state index contributed by atoms with van der Waals surface area (Å²) >= 11 is 0. The van der Waals surface area contributed by atoms with Crippen molar-refractivity contribution in [3.8, 4) is 0 Å². The van der Waals surface area contributed by atoms with Crippen LogP contribution in [0.1, 0.15) is 12.5 Å². The molecule has 1 heterocycles. The molecular formula is C16H22O5. The number of benzene rings is 1. The normalized spacial score (nSPS) is 32.8. The maximum Gasteiger partial charge on any atom is 0.186 e. The van der Waals surface area contributed by atoms with Crippen LogP contribution in [-0.4, -0.2) is 47.5 Å². The Kier molecular flexibility index (Phi) is 5.90. The van der Waals surface area contributed by atoms with Crippen LogP contribution in [0.25, 0.3) is 0 Å². The van der Waals surface area contributed by atoms with Crippen molar-refractivity contribution in [1.82, 2.24) is 0 Å². The van der Waals surface area contributed by atoms with Crippen LogP contribution in [0.4, 0.5) is 0 Å². The Morgan fingerprint density at radius 2 is 1.90 bits per heavy atom. The molecule has 0 aromatic heterocycles. The van der Waals surface area contributed by atoms with Crippen molar-refractivity contribution in [2.75, 3.05) is 6.61 Å². The molecule has 1 aliphatic heterocycles. The van der Waals surface area contributed by atoms with Crippen LogP contribution in [0.5, 0.6) is 0 Å². The second kappa shape index (κ2) is 7.68. The van der Waals surface area contributed by atoms with E-state index < -0.39 is 24.6 Å². The van der Waals surface area contributed by atoms with Crippen molar-refractivity contribution in [2.24, 2.45) is 0 Å². The highest BCUT2D eigenvalue weighted by Gasteiger charge is 2.43. The number of aliphatic hydroxyl groups excluding tert-OH is 2. The Morgan fingerprint density at radius 1 is 1.19 bits per heavy atom. The van der Waals surface area contributed by atoms with E-state index in [0.717, 1.165) is 5.56 Å². The molecule has 2 rings (SSSR count). The summed E-state index contributed by atoms with van der Waals surface area (Å²) in [5.41, 5.74) is 0.997. The molecule has 0 saturated carbocycles. The highest BCUT2D eigenvalue weighted by Crippen LogP contribution is 2.25. The van der Waals surface area contributed by atoms with E-state index in [0.29, 0.717) is 6.61 Å². The van der Waals surface area contributed by atoms with Crippen LogP contribution in [0.3, 0.4) is 0 Å². The number of aliphatic hydroxyl groups is 2. The van der Waals surface area contributed by atoms with Crippen LogP contribution in [0, 0.1) is 0 Å². The van der Waals surface area contributed by atoms with Crippen LogP contribution in [0.15, 0.2) is 43.0 Å². The molecule has 1 saturated heterocycles. The number of rotatable bonds is 6. The molecule has 116 valence electrons. The summed E-state index contributed by atoms with van der Waals surface area (Å²) in [5, 5.41) is 20.2. The Labute approximate surface area is 124 Å². The maximum absolute atomic E-state index is 10.2. The van der Waals surface area contributed by atoms with Gasteiger partial charge in [0.15, 0.2) is 6.29 Å². The van der Waals surface area contributed by atoms with Crippen LogP contribution < -0.4 is 0 Å². The van der Waals surface area contributed by atoms with Gasteiger partial charge in [-0.05, 0) is 12.5 Å². The van der Waals surface area contributed by atoms with Crippen LogP contribution >= 0.6 is 0 Å². The molecule has 1 fully saturated rings. The van der Waals surface area contributed by atoms with Gasteiger partial charge in [-0.1, -0.05) is 36.4 Å². The molecule has 0 aliphatic carbocycles. The molecule has 0 radical (unpaired) electrons. The van der Waals surface area contributed by atoms with Crippen molar-refractivity contribution < 1.29 is 24.4 Å². The van der Waals surface area contributed by atoms with E-state index in [4.69, 9.17) is 14.2 Å². The van der Waals surface area contributed by atoms with Gasteiger partial charge >= 0.3 is 0 Å². The summed E-state index contributed by atoms with van der Waals surface area (Å²) in [7, 11) is 0. The number of hydrogen-bond donors (Lipinski definition) is 2. The molecule has 5 heteroatoms. The molecule has 0 bridgehead atoms. The Bertz CT molecular complexity index is 436. The fourth-order valence-electron chi connectivity index (χ4n) is 2.30. The first-order chi connectivity index (χ1) is 10.1. The molecule has 1 aliphatic rings. The number of ether oxygens (including phenoxy) is 3. The molecular weight excluding hydrogens is 272 g/mol. The molecule has 5 nitrogen and oxygen atoms in total. The van der Waals surface area contributed by atoms with E-state index in [1.807, 2.05) is 30.3 Å². The van der Waals surface area contributed by atoms with Gasteiger partial charge in [0.1, 0.15) is 18.3 Å². The summed E-state index contributed by atoms with van der Waals surface area (Å²) in [6.07, 6.45) is -2.52. The highest BCUT2D eigenvalue weighted by molar-refractivity contribution is 5.13. The van der Waals surface area contributed by atoms with E-state index in [2.05, 4.69) is 6.58 Å². The summed E-state index contributed by atoms with van der Waals surface area (Å²) in [5.74, 6) is 0. The van der Waals surface area contributed by atoms with Gasteiger partial charge in [0, 0.05) is 0 Å². The topological polar surface area (TPSA) is 68.2 Å². The van der Waals surface area contributed by atoms with E-state index >= 15 is 0 Å². The average molecular weight is 294 g/mol. The number of hydrogen-bond acceptors (Lipinski definition) is 5. The first-order valence-corrected chi connectivity index (χ1v) is 7.03. The summed E-state index contributed by atoms with van der Waals surface area (Å²) in [4.78, 5) is 0. The Balaban J connectivity index is 1.93. The zero-order chi connectivity index (χ0) is 15.2. The van der Waals surface area contributed by atoms with Crippen molar-refractivity contribution in [2.45, 2.75) is 44.2 Å². The molecule has 1 aromatic rings. The fourth-order valence-corrected chi connectivity index (χ4v) is 2.30. The zero-order valence-electron chi connectivity index (χ0n) is 12.1. The Hall–Kier alpha value is -1.24. The minimum Gasteiger partial charge on any atom is -0.387 e. The van der Waals surface area contributed by atoms with Gasteiger partial charge in [-0.2, -0.15) is 0 Å². The molecule has 0 amide bonds. The lowest BCUT2D eigenvalue weighted by Crippen LogP contribution is -2.58. The molecule has 0 spiro atoms. The Morgan fingerprint density at radius 3 is 2.57 bits per heavy atom. The van der Waals surface area contributed by atoms with E-state index in [-0.39, 0.29) is 12.7 Å². The first-order valence-electron chi connectivity index (χ1n) is 7.03. The van der Waals surface area contributed by atoms with E-state index in [1.165, 1.54) is 0 Å². The predicted molar refractivity (Wildman–Crippen MR) is 77.5 cm³/mol. The third kappa shape index (κ3) is 4.12. The van der Waals surface area contributed by atoms with Crippen molar-refractivity contribution in [3.63, 3.8) is 0 Å². The molecule has 21 heavy (non-hydrogen) atoms. The highest BCUT2D eigenvalue weighted by atomic mass is 16.7. The zero-order valence-corrected chi connectivity index (χ0v) is 12.1. The van der Waals surface area contributed by atoms with E-state index in [1.54, 1.807) is 13.0 Å². The standard InChI is InChI=1S/C16H22O5/c1-3-9-19-16-14(18)13(17)15(11(2)21-16)20-10-12-7-5-4-6-8-12/h3-8,11,13-18H,1,9-10H2,2H3/t11-,13-,14+,15-,16+/m0/s1. The molecule has 2 N–H and O–H groups in total. The van der Waals surface area contributed by atoms with Gasteiger partial charge in [-0.15, -0.1) is 6.58 Å². The third-order valence-electron chi connectivity index (χ3n) is 3.44. The van der Waals surface area contributed by atoms with Gasteiger partial charge in [-0.3, -0.25) is 0 Å². The minimum absolute atomic E-state index is 0.247. The second-order valence-electron chi connectivity index (χ2n) is 5.07. The average Bonchev–Trinajstić information content (AvgIpc) is 2.50. The van der Waals surface area contributed by atoms with Gasteiger partial charge in [0.25, 0.3) is 0 Å². The monoisotopic (exact) mass is 294 g/mol. The van der Waals surface area contributed by atoms with Crippen molar-refractivity contribution >= 4 is 0 Å². The predicted octanol–water partition coefficient (Wildman–Crippen LogP) is 1.24. The van der Waals surface area contributed by atoms with Gasteiger partial charge in [0.05, 0.1) is 19.3 Å². The third-order valence-corrected chi connectivity index (χ3v) is 3.44.